The van der Waals surface area contributed by atoms with Crippen LogP contribution in [0.3, 0.4) is 0 Å². The van der Waals surface area contributed by atoms with Gasteiger partial charge in [-0.25, -0.2) is 0 Å². The summed E-state index contributed by atoms with van der Waals surface area (Å²) in [5, 5.41) is 4.79. The van der Waals surface area contributed by atoms with E-state index in [0.29, 0.717) is 0 Å². The van der Waals surface area contributed by atoms with Gasteiger partial charge < -0.3 is 13.9 Å². The van der Waals surface area contributed by atoms with E-state index in [4.69, 9.17) is 4.42 Å². The SMILES string of the molecule is c1ccc(-c2ccccc2-c2ccccc2N(c2ccc(-c3ccc4oc5ccccc5c4c3)cc2)c2ccccc2-c2ccc3c(c2)C2(c4ccccc4-3)c3ccccc3-n3c4ccccc4c4cccc2c43)cc1. The second-order valence-corrected chi connectivity index (χ2v) is 20.3. The van der Waals surface area contributed by atoms with Gasteiger partial charge in [0.1, 0.15) is 11.2 Å². The second kappa shape index (κ2) is 16.5. The minimum Gasteiger partial charge on any atom is -0.456 e. The molecule has 1 aliphatic carbocycles. The largest absolute Gasteiger partial charge is 0.456 e. The van der Waals surface area contributed by atoms with Crippen molar-refractivity contribution >= 4 is 60.8 Å². The first kappa shape index (κ1) is 42.5. The maximum absolute atomic E-state index is 6.24. The molecular formula is C73H46N2O. The van der Waals surface area contributed by atoms with E-state index < -0.39 is 5.41 Å². The quantitative estimate of drug-likeness (QED) is 0.159. The summed E-state index contributed by atoms with van der Waals surface area (Å²) in [6, 6.07) is 103. The molecule has 1 spiro atoms. The van der Waals surface area contributed by atoms with E-state index >= 15 is 0 Å². The lowest BCUT2D eigenvalue weighted by atomic mass is 9.65. The number of para-hydroxylation sites is 6. The fraction of sp³-hybridized carbons (Fsp3) is 0.0137. The molecule has 3 heteroatoms. The molecular weight excluding hydrogens is 921 g/mol. The lowest BCUT2D eigenvalue weighted by molar-refractivity contribution is 0.669. The van der Waals surface area contributed by atoms with Gasteiger partial charge in [-0.1, -0.05) is 218 Å². The van der Waals surface area contributed by atoms with Gasteiger partial charge >= 0.3 is 0 Å². The van der Waals surface area contributed by atoms with Gasteiger partial charge in [0.15, 0.2) is 0 Å². The van der Waals surface area contributed by atoms with Gasteiger partial charge in [-0.05, 0) is 127 Å². The number of nitrogens with zero attached hydrogens (tertiary/aromatic N) is 2. The molecule has 0 fully saturated rings. The number of rotatable bonds is 7. The average molecular weight is 967 g/mol. The van der Waals surface area contributed by atoms with Gasteiger partial charge in [0.25, 0.3) is 0 Å². The van der Waals surface area contributed by atoms with E-state index in [1.54, 1.807) is 0 Å². The minimum atomic E-state index is -0.577. The normalized spacial score (nSPS) is 14.1. The molecule has 0 N–H and O–H groups in total. The number of benzene rings is 12. The van der Waals surface area contributed by atoms with E-state index in [9.17, 15) is 0 Å². The number of hydrogen-bond donors (Lipinski definition) is 0. The van der Waals surface area contributed by atoms with E-state index in [0.717, 1.165) is 66.8 Å². The molecule has 1 atom stereocenters. The molecule has 0 amide bonds. The number of hydrogen-bond acceptors (Lipinski definition) is 2. The molecule has 76 heavy (non-hydrogen) atoms. The zero-order valence-electron chi connectivity index (χ0n) is 41.4. The first-order chi connectivity index (χ1) is 37.7. The van der Waals surface area contributed by atoms with Crippen LogP contribution in [0.2, 0.25) is 0 Å². The van der Waals surface area contributed by atoms with Crippen molar-refractivity contribution in [1.29, 1.82) is 0 Å². The molecule has 354 valence electrons. The topological polar surface area (TPSA) is 21.3 Å². The standard InChI is InChI=1S/C73H46N2O/c1-2-19-48(20-3-1)52-21-4-5-23-54(52)57-25-8-14-33-67(57)74(51-41-37-47(38-42-51)49-40-44-71-61(45-49)59-27-10-17-36-70(59)76-71)66-32-13-7-22-53(66)50-39-43-56-55-24-6-11-29-62(55)73(65(56)46-50)63-30-12-16-35-69(63)75-68-34-15-9-26-58(68)60-28-18-31-64(73)72(60)75/h1-46H. The Morgan fingerprint density at radius 2 is 0.882 bits per heavy atom. The van der Waals surface area contributed by atoms with Crippen LogP contribution in [0.15, 0.2) is 283 Å². The van der Waals surface area contributed by atoms with Crippen molar-refractivity contribution in [2.75, 3.05) is 4.90 Å². The van der Waals surface area contributed by atoms with Gasteiger partial charge in [-0.2, -0.15) is 0 Å². The van der Waals surface area contributed by atoms with E-state index in [1.165, 1.54) is 77.6 Å². The third-order valence-electron chi connectivity index (χ3n) is 16.4. The Balaban J connectivity index is 0.918. The van der Waals surface area contributed by atoms with Crippen LogP contribution in [0.5, 0.6) is 0 Å². The van der Waals surface area contributed by atoms with E-state index in [1.807, 2.05) is 12.1 Å². The van der Waals surface area contributed by atoms with Crippen LogP contribution >= 0.6 is 0 Å². The van der Waals surface area contributed by atoms with Crippen molar-refractivity contribution < 1.29 is 4.42 Å². The Morgan fingerprint density at radius 3 is 1.72 bits per heavy atom. The van der Waals surface area contributed by atoms with Crippen molar-refractivity contribution in [2.45, 2.75) is 5.41 Å². The first-order valence-electron chi connectivity index (χ1n) is 26.2. The summed E-state index contributed by atoms with van der Waals surface area (Å²) in [6.45, 7) is 0. The van der Waals surface area contributed by atoms with Gasteiger partial charge in [0, 0.05) is 38.4 Å². The van der Waals surface area contributed by atoms with Crippen LogP contribution in [0, 0.1) is 0 Å². The molecule has 2 aromatic heterocycles. The minimum absolute atomic E-state index is 0.577. The summed E-state index contributed by atoms with van der Waals surface area (Å²) >= 11 is 0. The highest BCUT2D eigenvalue weighted by Crippen LogP contribution is 2.62. The smallest absolute Gasteiger partial charge is 0.135 e. The predicted octanol–water partition coefficient (Wildman–Crippen LogP) is 19.5. The number of furan rings is 1. The van der Waals surface area contributed by atoms with Crippen LogP contribution in [0.25, 0.3) is 105 Å². The fourth-order valence-electron chi connectivity index (χ4n) is 13.2. The highest BCUT2D eigenvalue weighted by Gasteiger charge is 2.51. The zero-order valence-corrected chi connectivity index (χ0v) is 41.4. The van der Waals surface area contributed by atoms with Crippen LogP contribution in [-0.2, 0) is 5.41 Å². The van der Waals surface area contributed by atoms with Gasteiger partial charge in [-0.15, -0.1) is 0 Å². The molecule has 14 aromatic rings. The number of fused-ring (bicyclic) bond motifs is 15. The Morgan fingerprint density at radius 1 is 0.303 bits per heavy atom. The van der Waals surface area contributed by atoms with Gasteiger partial charge in [-0.3, -0.25) is 0 Å². The Kier molecular flexibility index (Phi) is 9.25. The molecule has 1 unspecified atom stereocenters. The third kappa shape index (κ3) is 6.05. The van der Waals surface area contributed by atoms with Crippen LogP contribution in [-0.4, -0.2) is 4.57 Å². The summed E-state index contributed by atoms with van der Waals surface area (Å²) in [4.78, 5) is 2.48. The fourth-order valence-corrected chi connectivity index (χ4v) is 13.2. The van der Waals surface area contributed by atoms with Crippen LogP contribution in [0.4, 0.5) is 17.1 Å². The second-order valence-electron chi connectivity index (χ2n) is 20.3. The maximum Gasteiger partial charge on any atom is 0.135 e. The van der Waals surface area contributed by atoms with Crippen molar-refractivity contribution in [2.24, 2.45) is 0 Å². The molecule has 0 saturated heterocycles. The van der Waals surface area contributed by atoms with E-state index in [2.05, 4.69) is 276 Å². The van der Waals surface area contributed by atoms with Crippen LogP contribution < -0.4 is 4.90 Å². The summed E-state index contributed by atoms with van der Waals surface area (Å²) in [7, 11) is 0. The Hall–Kier alpha value is -9.96. The average Bonchev–Trinajstić information content (AvgIpc) is 4.34. The highest BCUT2D eigenvalue weighted by molar-refractivity contribution is 6.13. The number of anilines is 3. The van der Waals surface area contributed by atoms with Gasteiger partial charge in [0.05, 0.1) is 33.5 Å². The summed E-state index contributed by atoms with van der Waals surface area (Å²) in [6.07, 6.45) is 0. The summed E-state index contributed by atoms with van der Waals surface area (Å²) in [5.74, 6) is 0. The predicted molar refractivity (Wildman–Crippen MR) is 315 cm³/mol. The lowest BCUT2D eigenvalue weighted by Gasteiger charge is -2.39. The van der Waals surface area contributed by atoms with Crippen molar-refractivity contribution in [3.8, 4) is 61.3 Å². The molecule has 3 heterocycles. The molecule has 2 aliphatic rings. The molecule has 0 saturated carbocycles. The number of aromatic nitrogens is 1. The van der Waals surface area contributed by atoms with E-state index in [-0.39, 0.29) is 0 Å². The Bertz CT molecular complexity index is 4650. The Labute approximate surface area is 440 Å². The molecule has 0 radical (unpaired) electrons. The summed E-state index contributed by atoms with van der Waals surface area (Å²) in [5.41, 5.74) is 25.2. The van der Waals surface area contributed by atoms with Crippen molar-refractivity contribution in [3.05, 3.63) is 301 Å². The van der Waals surface area contributed by atoms with Crippen LogP contribution in [0.1, 0.15) is 22.3 Å². The molecule has 3 nitrogen and oxygen atoms in total. The van der Waals surface area contributed by atoms with Crippen molar-refractivity contribution in [1.82, 2.24) is 4.57 Å². The monoisotopic (exact) mass is 966 g/mol. The maximum atomic E-state index is 6.24. The lowest BCUT2D eigenvalue weighted by Crippen LogP contribution is -2.33. The van der Waals surface area contributed by atoms with Crippen molar-refractivity contribution in [3.63, 3.8) is 0 Å². The molecule has 1 aliphatic heterocycles. The van der Waals surface area contributed by atoms with Gasteiger partial charge in [0.2, 0.25) is 0 Å². The molecule has 0 bridgehead atoms. The molecule has 16 rings (SSSR count). The highest BCUT2D eigenvalue weighted by atomic mass is 16.3. The summed E-state index contributed by atoms with van der Waals surface area (Å²) < 4.78 is 8.77. The first-order valence-corrected chi connectivity index (χ1v) is 26.2. The molecule has 12 aromatic carbocycles. The zero-order chi connectivity index (χ0) is 49.9. The third-order valence-corrected chi connectivity index (χ3v) is 16.4.